The fourth-order valence-corrected chi connectivity index (χ4v) is 5.86. The van der Waals surface area contributed by atoms with Gasteiger partial charge in [-0.2, -0.15) is 0 Å². The average molecular weight is 516 g/mol. The van der Waals surface area contributed by atoms with Gasteiger partial charge in [-0.15, -0.1) is 0 Å². The third-order valence-electron chi connectivity index (χ3n) is 7.69. The van der Waals surface area contributed by atoms with Crippen LogP contribution in [-0.4, -0.2) is 37.3 Å². The Balaban J connectivity index is 1.35. The first-order chi connectivity index (χ1) is 18.7. The fraction of sp³-hybridized carbons (Fsp3) is 0.312. The highest BCUT2D eigenvalue weighted by Crippen LogP contribution is 2.42. The number of hydrogen-bond acceptors (Lipinski definition) is 4. The van der Waals surface area contributed by atoms with E-state index in [1.54, 1.807) is 12.3 Å². The van der Waals surface area contributed by atoms with Crippen molar-refractivity contribution in [1.82, 2.24) is 4.90 Å². The first-order valence-corrected chi connectivity index (χ1v) is 13.4. The van der Waals surface area contributed by atoms with Crippen molar-refractivity contribution in [3.8, 4) is 11.5 Å². The summed E-state index contributed by atoms with van der Waals surface area (Å²) < 4.78 is 37.4. The summed E-state index contributed by atoms with van der Waals surface area (Å²) in [5.41, 5.74) is 7.70. The molecule has 38 heavy (non-hydrogen) atoms. The number of halogens is 2. The molecule has 1 saturated heterocycles. The summed E-state index contributed by atoms with van der Waals surface area (Å²) >= 11 is 0. The predicted molar refractivity (Wildman–Crippen MR) is 146 cm³/mol. The van der Waals surface area contributed by atoms with Crippen molar-refractivity contribution in [3.05, 3.63) is 95.2 Å². The maximum absolute atomic E-state index is 13.0. The van der Waals surface area contributed by atoms with Gasteiger partial charge in [0.05, 0.1) is 12.9 Å². The lowest BCUT2D eigenvalue weighted by Crippen LogP contribution is -2.26. The number of allylic oxidation sites excluding steroid dienone is 1. The lowest BCUT2D eigenvalue weighted by molar-refractivity contribution is -0.00629. The molecule has 0 radical (unpaired) electrons. The first-order valence-electron chi connectivity index (χ1n) is 13.4. The summed E-state index contributed by atoms with van der Waals surface area (Å²) in [7, 11) is 0. The van der Waals surface area contributed by atoms with Crippen LogP contribution in [0.1, 0.15) is 47.9 Å². The number of benzene rings is 3. The fourth-order valence-electron chi connectivity index (χ4n) is 5.86. The largest absolute Gasteiger partial charge is 0.489 e. The Hall–Kier alpha value is -3.64. The number of aryl methyl sites for hydroxylation is 1. The molecule has 2 aliphatic rings. The molecular weight excluding hydrogens is 484 g/mol. The van der Waals surface area contributed by atoms with Crippen molar-refractivity contribution in [1.29, 1.82) is 0 Å². The van der Waals surface area contributed by atoms with Crippen LogP contribution in [0.15, 0.2) is 77.4 Å². The highest BCUT2D eigenvalue weighted by atomic mass is 19.3. The van der Waals surface area contributed by atoms with Gasteiger partial charge in [0.1, 0.15) is 17.4 Å². The normalized spacial score (nSPS) is 18.0. The second-order valence-electron chi connectivity index (χ2n) is 10.2. The lowest BCUT2D eigenvalue weighted by atomic mass is 9.87. The molecule has 0 saturated carbocycles. The second kappa shape index (κ2) is 11.0. The third kappa shape index (κ3) is 5.05. The van der Waals surface area contributed by atoms with Gasteiger partial charge in [-0.25, -0.2) is 0 Å². The minimum absolute atomic E-state index is 0.120. The Labute approximate surface area is 221 Å². The van der Waals surface area contributed by atoms with E-state index in [2.05, 4.69) is 34.1 Å². The summed E-state index contributed by atoms with van der Waals surface area (Å²) in [4.78, 5) is 6.32. The maximum Gasteiger partial charge on any atom is 0.172 e. The van der Waals surface area contributed by atoms with E-state index in [0.29, 0.717) is 6.42 Å². The standard InChI is InChI=1S/C32H31F2NO3/c33-15-2-16-35-17-13-28(21-35)37-26-8-5-22(6-9-26)32-29(24-7-12-31-25(19-24)14-18-36-31)4-1-3-23-20-27(38-34)10-11-30(23)32/h5-12,14,18-20,28H,1-4,13,15-17,21H2. The Morgan fingerprint density at radius 3 is 2.61 bits per heavy atom. The van der Waals surface area contributed by atoms with Gasteiger partial charge in [0.15, 0.2) is 5.75 Å². The minimum atomic E-state index is -0.275. The van der Waals surface area contributed by atoms with Gasteiger partial charge in [0.2, 0.25) is 0 Å². The molecule has 1 aliphatic heterocycles. The van der Waals surface area contributed by atoms with E-state index in [-0.39, 0.29) is 18.5 Å². The van der Waals surface area contributed by atoms with E-state index in [0.717, 1.165) is 89.9 Å². The Morgan fingerprint density at radius 2 is 1.76 bits per heavy atom. The average Bonchev–Trinajstić information content (AvgIpc) is 3.57. The first kappa shape index (κ1) is 24.7. The van der Waals surface area contributed by atoms with Crippen LogP contribution in [0, 0.1) is 0 Å². The van der Waals surface area contributed by atoms with E-state index in [9.17, 15) is 8.92 Å². The molecule has 3 aromatic carbocycles. The number of hydrogen-bond donors (Lipinski definition) is 0. The van der Waals surface area contributed by atoms with Gasteiger partial charge in [0, 0.05) is 29.5 Å². The quantitative estimate of drug-likeness (QED) is 0.240. The van der Waals surface area contributed by atoms with E-state index in [4.69, 9.17) is 9.15 Å². The molecule has 4 nitrogen and oxygen atoms in total. The number of rotatable bonds is 8. The van der Waals surface area contributed by atoms with Crippen molar-refractivity contribution < 1.29 is 23.0 Å². The smallest absolute Gasteiger partial charge is 0.172 e. The lowest BCUT2D eigenvalue weighted by Gasteiger charge is -2.19. The number of furan rings is 1. The van der Waals surface area contributed by atoms with Crippen molar-refractivity contribution in [2.75, 3.05) is 26.3 Å². The zero-order valence-corrected chi connectivity index (χ0v) is 21.3. The SMILES string of the molecule is FCCCN1CCC(Oc2ccc(C3=C(c4ccc5occc5c4)CCCc4cc(OF)ccc43)cc2)C1. The van der Waals surface area contributed by atoms with Gasteiger partial charge in [-0.05, 0) is 108 Å². The molecular formula is C32H31F2NO3. The molecule has 1 atom stereocenters. The van der Waals surface area contributed by atoms with Crippen molar-refractivity contribution >= 4 is 22.1 Å². The number of likely N-dealkylation sites (tertiary alicyclic amines) is 1. The van der Waals surface area contributed by atoms with E-state index >= 15 is 0 Å². The number of ether oxygens (including phenoxy) is 1. The topological polar surface area (TPSA) is 34.8 Å². The number of nitrogens with zero attached hydrogens (tertiary/aromatic N) is 1. The predicted octanol–water partition coefficient (Wildman–Crippen LogP) is 7.80. The summed E-state index contributed by atoms with van der Waals surface area (Å²) in [6.45, 7) is 2.29. The molecule has 196 valence electrons. The van der Waals surface area contributed by atoms with Gasteiger partial charge in [-0.3, -0.25) is 14.2 Å². The van der Waals surface area contributed by atoms with Crippen molar-refractivity contribution in [3.63, 3.8) is 0 Å². The number of fused-ring (bicyclic) bond motifs is 2. The molecule has 1 fully saturated rings. The molecule has 0 bridgehead atoms. The van der Waals surface area contributed by atoms with Crippen molar-refractivity contribution in [2.45, 2.75) is 38.2 Å². The third-order valence-corrected chi connectivity index (χ3v) is 7.69. The highest BCUT2D eigenvalue weighted by molar-refractivity contribution is 6.01. The molecule has 0 N–H and O–H groups in total. The van der Waals surface area contributed by atoms with Crippen LogP contribution in [0.2, 0.25) is 0 Å². The van der Waals surface area contributed by atoms with Crippen LogP contribution in [0.3, 0.4) is 0 Å². The van der Waals surface area contributed by atoms with Crippen LogP contribution in [0.5, 0.6) is 11.5 Å². The number of alkyl halides is 1. The summed E-state index contributed by atoms with van der Waals surface area (Å²) in [5, 5.41) is 1.07. The molecule has 1 aromatic heterocycles. The van der Waals surface area contributed by atoms with Gasteiger partial charge < -0.3 is 9.15 Å². The monoisotopic (exact) mass is 515 g/mol. The Kier molecular flexibility index (Phi) is 7.14. The van der Waals surface area contributed by atoms with Gasteiger partial charge in [-0.1, -0.05) is 24.3 Å². The summed E-state index contributed by atoms with van der Waals surface area (Å²) in [6, 6.07) is 22.1. The Bertz CT molecular complexity index is 1440. The highest BCUT2D eigenvalue weighted by Gasteiger charge is 2.24. The molecule has 0 spiro atoms. The zero-order chi connectivity index (χ0) is 25.9. The Morgan fingerprint density at radius 1 is 0.921 bits per heavy atom. The van der Waals surface area contributed by atoms with E-state index < -0.39 is 0 Å². The summed E-state index contributed by atoms with van der Waals surface area (Å²) in [6.07, 6.45) is 6.05. The van der Waals surface area contributed by atoms with Crippen LogP contribution >= 0.6 is 0 Å². The molecule has 1 aliphatic carbocycles. The second-order valence-corrected chi connectivity index (χ2v) is 10.2. The molecule has 0 amide bonds. The minimum Gasteiger partial charge on any atom is -0.489 e. The molecule has 6 heteroatoms. The maximum atomic E-state index is 13.0. The van der Waals surface area contributed by atoms with Crippen LogP contribution in [0.4, 0.5) is 8.92 Å². The molecule has 4 aromatic rings. The summed E-state index contributed by atoms with van der Waals surface area (Å²) in [5.74, 6) is 1.07. The van der Waals surface area contributed by atoms with Gasteiger partial charge in [0.25, 0.3) is 0 Å². The van der Waals surface area contributed by atoms with Crippen molar-refractivity contribution in [2.24, 2.45) is 0 Å². The molecule has 1 unspecified atom stereocenters. The molecule has 6 rings (SSSR count). The van der Waals surface area contributed by atoms with Crippen LogP contribution < -0.4 is 9.68 Å². The van der Waals surface area contributed by atoms with Crippen LogP contribution in [0.25, 0.3) is 22.1 Å². The van der Waals surface area contributed by atoms with Crippen LogP contribution in [-0.2, 0) is 6.42 Å². The zero-order valence-electron chi connectivity index (χ0n) is 21.3. The molecule has 2 heterocycles. The van der Waals surface area contributed by atoms with E-state index in [1.165, 1.54) is 5.57 Å². The van der Waals surface area contributed by atoms with Gasteiger partial charge >= 0.3 is 0 Å². The van der Waals surface area contributed by atoms with E-state index in [1.807, 2.05) is 36.4 Å².